The van der Waals surface area contributed by atoms with E-state index in [1.54, 1.807) is 24.3 Å². The van der Waals surface area contributed by atoms with Gasteiger partial charge in [0.05, 0.1) is 23.1 Å². The van der Waals surface area contributed by atoms with E-state index < -0.39 is 9.84 Å². The Bertz CT molecular complexity index is 1270. The average molecular weight is 488 g/mol. The van der Waals surface area contributed by atoms with Gasteiger partial charge in [0.25, 0.3) is 0 Å². The SMILES string of the molecule is CC(C)[C@@H]1c2nc(NC(=O)Cc3ccc(S(C)(=O)=O)cc3)sc2CN1Cc1cccc(F)c1. The van der Waals surface area contributed by atoms with Crippen LogP contribution in [0.4, 0.5) is 9.52 Å². The first-order valence-corrected chi connectivity index (χ1v) is 13.4. The summed E-state index contributed by atoms with van der Waals surface area (Å²) in [6.45, 7) is 5.61. The van der Waals surface area contributed by atoms with E-state index in [-0.39, 0.29) is 29.1 Å². The van der Waals surface area contributed by atoms with Gasteiger partial charge in [0.15, 0.2) is 15.0 Å². The Morgan fingerprint density at radius 3 is 2.58 bits per heavy atom. The summed E-state index contributed by atoms with van der Waals surface area (Å²) < 4.78 is 36.8. The number of halogens is 1. The summed E-state index contributed by atoms with van der Waals surface area (Å²) >= 11 is 1.47. The first-order chi connectivity index (χ1) is 15.6. The summed E-state index contributed by atoms with van der Waals surface area (Å²) in [5, 5.41) is 3.44. The molecule has 9 heteroatoms. The van der Waals surface area contributed by atoms with E-state index in [2.05, 4.69) is 24.1 Å². The number of hydrogen-bond donors (Lipinski definition) is 1. The number of nitrogens with one attached hydrogen (secondary N) is 1. The van der Waals surface area contributed by atoms with Crippen molar-refractivity contribution in [3.05, 3.63) is 76.0 Å². The van der Waals surface area contributed by atoms with Crippen molar-refractivity contribution in [1.82, 2.24) is 9.88 Å². The number of amides is 1. The Kier molecular flexibility index (Phi) is 6.65. The first-order valence-electron chi connectivity index (χ1n) is 10.7. The zero-order valence-corrected chi connectivity index (χ0v) is 20.3. The highest BCUT2D eigenvalue weighted by Crippen LogP contribution is 2.43. The van der Waals surface area contributed by atoms with E-state index in [0.29, 0.717) is 24.1 Å². The number of aromatic nitrogens is 1. The number of fused-ring (bicyclic) bond motifs is 1. The molecule has 0 radical (unpaired) electrons. The van der Waals surface area contributed by atoms with Crippen LogP contribution in [0.5, 0.6) is 0 Å². The number of benzene rings is 2. The highest BCUT2D eigenvalue weighted by atomic mass is 32.2. The fraction of sp³-hybridized carbons (Fsp3) is 0.333. The Morgan fingerprint density at radius 1 is 1.21 bits per heavy atom. The lowest BCUT2D eigenvalue weighted by Gasteiger charge is -2.27. The Hall–Kier alpha value is -2.62. The number of anilines is 1. The van der Waals surface area contributed by atoms with Crippen molar-refractivity contribution in [2.75, 3.05) is 11.6 Å². The van der Waals surface area contributed by atoms with Crippen molar-refractivity contribution in [3.8, 4) is 0 Å². The molecule has 2 aromatic carbocycles. The standard InChI is InChI=1S/C24H26FN3O3S2/c1-15(2)23-22-20(14-28(23)13-17-5-4-6-18(25)11-17)32-24(27-22)26-21(29)12-16-7-9-19(10-8-16)33(3,30)31/h4-11,15,23H,12-14H2,1-3H3,(H,26,27,29)/t23-/m1/s1. The molecular formula is C24H26FN3O3S2. The van der Waals surface area contributed by atoms with Crippen molar-refractivity contribution >= 4 is 32.2 Å². The number of hydrogen-bond acceptors (Lipinski definition) is 6. The van der Waals surface area contributed by atoms with Gasteiger partial charge in [-0.2, -0.15) is 0 Å². The molecule has 0 aliphatic carbocycles. The fourth-order valence-corrected chi connectivity index (χ4v) is 5.86. The smallest absolute Gasteiger partial charge is 0.230 e. The molecule has 1 aliphatic rings. The Morgan fingerprint density at radius 2 is 1.94 bits per heavy atom. The van der Waals surface area contributed by atoms with Crippen LogP contribution in [0.1, 0.15) is 41.6 Å². The fourth-order valence-electron chi connectivity index (χ4n) is 4.18. The average Bonchev–Trinajstić information content (AvgIpc) is 3.23. The molecule has 0 spiro atoms. The summed E-state index contributed by atoms with van der Waals surface area (Å²) in [5.74, 6) is -0.136. The van der Waals surface area contributed by atoms with Gasteiger partial charge in [-0.05, 0) is 41.3 Å². The molecule has 0 fully saturated rings. The molecule has 1 aliphatic heterocycles. The maximum absolute atomic E-state index is 13.6. The minimum absolute atomic E-state index is 0.0914. The molecule has 2 heterocycles. The molecule has 4 rings (SSSR count). The summed E-state index contributed by atoms with van der Waals surface area (Å²) in [7, 11) is -3.27. The van der Waals surface area contributed by atoms with Crippen molar-refractivity contribution in [2.24, 2.45) is 5.92 Å². The number of carbonyl (C=O) groups excluding carboxylic acids is 1. The predicted octanol–water partition coefficient (Wildman–Crippen LogP) is 4.58. The first kappa shape index (κ1) is 23.5. The molecule has 0 saturated carbocycles. The normalized spacial score (nSPS) is 16.2. The minimum atomic E-state index is -3.27. The quantitative estimate of drug-likeness (QED) is 0.528. The molecule has 6 nitrogen and oxygen atoms in total. The lowest BCUT2D eigenvalue weighted by molar-refractivity contribution is -0.115. The molecule has 3 aromatic rings. The summed E-state index contributed by atoms with van der Waals surface area (Å²) in [6.07, 6.45) is 1.29. The molecular weight excluding hydrogens is 461 g/mol. The van der Waals surface area contributed by atoms with E-state index in [1.165, 1.54) is 29.5 Å². The zero-order chi connectivity index (χ0) is 23.8. The second-order valence-electron chi connectivity index (χ2n) is 8.69. The maximum Gasteiger partial charge on any atom is 0.230 e. The van der Waals surface area contributed by atoms with E-state index >= 15 is 0 Å². The van der Waals surface area contributed by atoms with Crippen LogP contribution in [0.2, 0.25) is 0 Å². The van der Waals surface area contributed by atoms with Crippen molar-refractivity contribution in [3.63, 3.8) is 0 Å². The van der Waals surface area contributed by atoms with Crippen molar-refractivity contribution < 1.29 is 17.6 Å². The van der Waals surface area contributed by atoms with Gasteiger partial charge < -0.3 is 5.32 Å². The number of sulfone groups is 1. The van der Waals surface area contributed by atoms with E-state index in [4.69, 9.17) is 4.98 Å². The van der Waals surface area contributed by atoms with E-state index in [0.717, 1.165) is 28.0 Å². The van der Waals surface area contributed by atoms with Crippen LogP contribution >= 0.6 is 11.3 Å². The largest absolute Gasteiger partial charge is 0.302 e. The van der Waals surface area contributed by atoms with Gasteiger partial charge in [-0.1, -0.05) is 38.1 Å². The molecule has 1 amide bonds. The lowest BCUT2D eigenvalue weighted by Crippen LogP contribution is -2.26. The van der Waals surface area contributed by atoms with Crippen LogP contribution in [0.25, 0.3) is 0 Å². The van der Waals surface area contributed by atoms with Gasteiger partial charge in [0.2, 0.25) is 5.91 Å². The Balaban J connectivity index is 1.43. The second-order valence-corrected chi connectivity index (χ2v) is 11.8. The maximum atomic E-state index is 13.6. The van der Waals surface area contributed by atoms with Crippen LogP contribution in [-0.2, 0) is 34.1 Å². The monoisotopic (exact) mass is 487 g/mol. The van der Waals surface area contributed by atoms with Gasteiger partial charge in [-0.25, -0.2) is 17.8 Å². The van der Waals surface area contributed by atoms with Crippen LogP contribution in [-0.4, -0.2) is 30.5 Å². The zero-order valence-electron chi connectivity index (χ0n) is 18.7. The third-order valence-corrected chi connectivity index (χ3v) is 7.72. The van der Waals surface area contributed by atoms with E-state index in [9.17, 15) is 17.6 Å². The number of nitrogens with zero attached hydrogens (tertiary/aromatic N) is 2. The number of carbonyl (C=O) groups is 1. The summed E-state index contributed by atoms with van der Waals surface area (Å²) in [4.78, 5) is 20.9. The van der Waals surface area contributed by atoms with Crippen molar-refractivity contribution in [2.45, 2.75) is 44.3 Å². The molecule has 0 unspecified atom stereocenters. The van der Waals surface area contributed by atoms with Crippen LogP contribution in [0.15, 0.2) is 53.4 Å². The van der Waals surface area contributed by atoms with Crippen LogP contribution in [0, 0.1) is 11.7 Å². The van der Waals surface area contributed by atoms with Crippen molar-refractivity contribution in [1.29, 1.82) is 0 Å². The molecule has 174 valence electrons. The Labute approximate surface area is 197 Å². The molecule has 1 atom stereocenters. The van der Waals surface area contributed by atoms with Crippen LogP contribution < -0.4 is 5.32 Å². The van der Waals surface area contributed by atoms with Gasteiger partial charge >= 0.3 is 0 Å². The third-order valence-electron chi connectivity index (χ3n) is 5.62. The number of rotatable bonds is 7. The van der Waals surface area contributed by atoms with E-state index in [1.807, 2.05) is 6.07 Å². The van der Waals surface area contributed by atoms with Crippen LogP contribution in [0.3, 0.4) is 0 Å². The van der Waals surface area contributed by atoms with Gasteiger partial charge in [-0.15, -0.1) is 11.3 Å². The second kappa shape index (κ2) is 9.32. The van der Waals surface area contributed by atoms with Gasteiger partial charge in [-0.3, -0.25) is 9.69 Å². The summed E-state index contributed by atoms with van der Waals surface area (Å²) in [6, 6.07) is 13.1. The highest BCUT2D eigenvalue weighted by Gasteiger charge is 2.36. The topological polar surface area (TPSA) is 79.4 Å². The third kappa shape index (κ3) is 5.48. The predicted molar refractivity (Wildman–Crippen MR) is 127 cm³/mol. The lowest BCUT2D eigenvalue weighted by atomic mass is 10.0. The molecule has 33 heavy (non-hydrogen) atoms. The van der Waals surface area contributed by atoms with Gasteiger partial charge in [0.1, 0.15) is 5.82 Å². The highest BCUT2D eigenvalue weighted by molar-refractivity contribution is 7.90. The van der Waals surface area contributed by atoms with Gasteiger partial charge in [0, 0.05) is 24.2 Å². The molecule has 1 aromatic heterocycles. The molecule has 0 saturated heterocycles. The summed E-state index contributed by atoms with van der Waals surface area (Å²) in [5.41, 5.74) is 2.62. The minimum Gasteiger partial charge on any atom is -0.302 e. The molecule has 0 bridgehead atoms. The number of thiazole rings is 1. The molecule has 1 N–H and O–H groups in total.